The van der Waals surface area contributed by atoms with Gasteiger partial charge < -0.3 is 10.1 Å². The molecule has 0 bridgehead atoms. The number of anilines is 1. The molecule has 0 aliphatic rings. The van der Waals surface area contributed by atoms with Gasteiger partial charge in [0.15, 0.2) is 0 Å². The lowest BCUT2D eigenvalue weighted by Gasteiger charge is -2.22. The Labute approximate surface area is 174 Å². The summed E-state index contributed by atoms with van der Waals surface area (Å²) in [4.78, 5) is 13.7. The van der Waals surface area contributed by atoms with E-state index in [1.165, 1.54) is 26.3 Å². The summed E-state index contributed by atoms with van der Waals surface area (Å²) in [6.07, 6.45) is 0. The first kappa shape index (κ1) is 20.9. The Balaban J connectivity index is 1.90. The number of aryl methyl sites for hydroxylation is 1. The second-order valence-corrected chi connectivity index (χ2v) is 9.38. The number of benzene rings is 2. The summed E-state index contributed by atoms with van der Waals surface area (Å²) in [6.45, 7) is 2.18. The highest BCUT2D eigenvalue weighted by Gasteiger charge is 2.25. The van der Waals surface area contributed by atoms with E-state index in [4.69, 9.17) is 4.74 Å². The normalized spacial score (nSPS) is 11.1. The van der Waals surface area contributed by atoms with Crippen LogP contribution >= 0.6 is 11.3 Å². The van der Waals surface area contributed by atoms with Crippen LogP contribution < -0.4 is 14.4 Å². The number of amides is 1. The summed E-state index contributed by atoms with van der Waals surface area (Å²) in [6, 6.07) is 15.3. The van der Waals surface area contributed by atoms with Crippen LogP contribution in [0.4, 0.5) is 5.69 Å². The van der Waals surface area contributed by atoms with E-state index in [-0.39, 0.29) is 10.8 Å². The van der Waals surface area contributed by atoms with E-state index >= 15 is 0 Å². The van der Waals surface area contributed by atoms with Crippen LogP contribution in [0.1, 0.15) is 20.8 Å². The van der Waals surface area contributed by atoms with Crippen LogP contribution in [-0.2, 0) is 16.6 Å². The number of para-hydroxylation sites is 2. The van der Waals surface area contributed by atoms with Crippen LogP contribution in [0, 0.1) is 6.92 Å². The topological polar surface area (TPSA) is 75.7 Å². The Morgan fingerprint density at radius 1 is 1.14 bits per heavy atom. The summed E-state index contributed by atoms with van der Waals surface area (Å²) in [7, 11) is -0.931. The number of ether oxygens (including phenoxy) is 1. The summed E-state index contributed by atoms with van der Waals surface area (Å²) < 4.78 is 32.8. The maximum Gasteiger partial charge on any atom is 0.264 e. The minimum absolute atomic E-state index is 0.0396. The highest BCUT2D eigenvalue weighted by molar-refractivity contribution is 7.92. The van der Waals surface area contributed by atoms with Gasteiger partial charge in [-0.05, 0) is 48.2 Å². The van der Waals surface area contributed by atoms with Crippen molar-refractivity contribution in [3.05, 3.63) is 76.0 Å². The first-order valence-electron chi connectivity index (χ1n) is 8.88. The summed E-state index contributed by atoms with van der Waals surface area (Å²) in [5.74, 6) is 0.132. The predicted molar refractivity (Wildman–Crippen MR) is 115 cm³/mol. The molecule has 8 heteroatoms. The maximum atomic E-state index is 13.2. The average Bonchev–Trinajstić information content (AvgIpc) is 3.25. The van der Waals surface area contributed by atoms with Crippen molar-refractivity contribution in [2.24, 2.45) is 0 Å². The minimum Gasteiger partial charge on any atom is -0.495 e. The van der Waals surface area contributed by atoms with Crippen molar-refractivity contribution >= 4 is 33.0 Å². The molecule has 1 amide bonds. The largest absolute Gasteiger partial charge is 0.495 e. The SMILES string of the molecule is COc1ccccc1N(C)S(=O)(=O)c1ccc(C)c(C(=O)NCc2cccs2)c1. The van der Waals surface area contributed by atoms with Gasteiger partial charge in [-0.1, -0.05) is 24.3 Å². The molecule has 0 spiro atoms. The molecule has 0 radical (unpaired) electrons. The van der Waals surface area contributed by atoms with Crippen molar-refractivity contribution in [1.82, 2.24) is 5.32 Å². The van der Waals surface area contributed by atoms with Crippen LogP contribution in [0.5, 0.6) is 5.75 Å². The second-order valence-electron chi connectivity index (χ2n) is 6.38. The van der Waals surface area contributed by atoms with Gasteiger partial charge in [-0.2, -0.15) is 0 Å². The Kier molecular flexibility index (Phi) is 6.24. The van der Waals surface area contributed by atoms with Gasteiger partial charge in [-0.3, -0.25) is 9.10 Å². The number of carbonyl (C=O) groups excluding carboxylic acids is 1. The van der Waals surface area contributed by atoms with E-state index in [2.05, 4.69) is 5.32 Å². The zero-order valence-electron chi connectivity index (χ0n) is 16.4. The monoisotopic (exact) mass is 430 g/mol. The van der Waals surface area contributed by atoms with Crippen molar-refractivity contribution in [2.45, 2.75) is 18.4 Å². The Morgan fingerprint density at radius 2 is 1.90 bits per heavy atom. The van der Waals surface area contributed by atoms with Gasteiger partial charge in [0.2, 0.25) is 0 Å². The van der Waals surface area contributed by atoms with Crippen LogP contribution in [0.15, 0.2) is 64.9 Å². The third-order valence-electron chi connectivity index (χ3n) is 4.54. The number of methoxy groups -OCH3 is 1. The smallest absolute Gasteiger partial charge is 0.264 e. The molecule has 3 rings (SSSR count). The maximum absolute atomic E-state index is 13.2. The molecule has 29 heavy (non-hydrogen) atoms. The molecular weight excluding hydrogens is 408 g/mol. The number of rotatable bonds is 7. The molecular formula is C21H22N2O4S2. The average molecular weight is 431 g/mol. The number of nitrogens with one attached hydrogen (secondary N) is 1. The molecule has 0 atom stereocenters. The van der Waals surface area contributed by atoms with E-state index in [1.54, 1.807) is 48.6 Å². The first-order chi connectivity index (χ1) is 13.8. The molecule has 152 valence electrons. The fourth-order valence-corrected chi connectivity index (χ4v) is 4.74. The lowest BCUT2D eigenvalue weighted by atomic mass is 10.1. The van der Waals surface area contributed by atoms with E-state index in [0.29, 0.717) is 29.1 Å². The van der Waals surface area contributed by atoms with Gasteiger partial charge in [-0.15, -0.1) is 11.3 Å². The lowest BCUT2D eigenvalue weighted by molar-refractivity contribution is 0.0950. The fraction of sp³-hybridized carbons (Fsp3) is 0.190. The van der Waals surface area contributed by atoms with Crippen LogP contribution in [-0.4, -0.2) is 28.5 Å². The highest BCUT2D eigenvalue weighted by Crippen LogP contribution is 2.31. The van der Waals surface area contributed by atoms with Gasteiger partial charge in [0.05, 0.1) is 24.2 Å². The molecule has 6 nitrogen and oxygen atoms in total. The molecule has 0 aliphatic carbocycles. The van der Waals surface area contributed by atoms with E-state index in [1.807, 2.05) is 17.5 Å². The van der Waals surface area contributed by atoms with E-state index in [9.17, 15) is 13.2 Å². The number of nitrogens with zero attached hydrogens (tertiary/aromatic N) is 1. The van der Waals surface area contributed by atoms with Crippen molar-refractivity contribution in [1.29, 1.82) is 0 Å². The summed E-state index contributed by atoms with van der Waals surface area (Å²) in [5, 5.41) is 4.78. The molecule has 0 saturated heterocycles. The van der Waals surface area contributed by atoms with Crippen molar-refractivity contribution < 1.29 is 17.9 Å². The number of hydrogen-bond acceptors (Lipinski definition) is 5. The Hall–Kier alpha value is -2.84. The molecule has 1 heterocycles. The zero-order valence-corrected chi connectivity index (χ0v) is 18.0. The minimum atomic E-state index is -3.88. The van der Waals surface area contributed by atoms with Gasteiger partial charge in [0, 0.05) is 17.5 Å². The molecule has 0 aliphatic heterocycles. The van der Waals surface area contributed by atoms with Crippen molar-refractivity contribution in [3.8, 4) is 5.75 Å². The van der Waals surface area contributed by atoms with Gasteiger partial charge >= 0.3 is 0 Å². The Morgan fingerprint density at radius 3 is 2.59 bits per heavy atom. The number of carbonyl (C=O) groups is 1. The van der Waals surface area contributed by atoms with Crippen LogP contribution in [0.3, 0.4) is 0 Å². The van der Waals surface area contributed by atoms with Crippen LogP contribution in [0.25, 0.3) is 0 Å². The molecule has 3 aromatic rings. The van der Waals surface area contributed by atoms with Crippen molar-refractivity contribution in [2.75, 3.05) is 18.5 Å². The van der Waals surface area contributed by atoms with Crippen molar-refractivity contribution in [3.63, 3.8) is 0 Å². The molecule has 1 aromatic heterocycles. The molecule has 0 fully saturated rings. The highest BCUT2D eigenvalue weighted by atomic mass is 32.2. The van der Waals surface area contributed by atoms with Gasteiger partial charge in [-0.25, -0.2) is 8.42 Å². The lowest BCUT2D eigenvalue weighted by Crippen LogP contribution is -2.28. The fourth-order valence-electron chi connectivity index (χ4n) is 2.86. The van der Waals surface area contributed by atoms with E-state index < -0.39 is 10.0 Å². The standard InChI is InChI=1S/C21H22N2O4S2/c1-15-10-11-17(13-18(15)21(24)22-14-16-7-6-12-28-16)29(25,26)23(2)19-8-4-5-9-20(19)27-3/h4-13H,14H2,1-3H3,(H,22,24). The number of hydrogen-bond donors (Lipinski definition) is 1. The number of sulfonamides is 1. The third kappa shape index (κ3) is 4.44. The van der Waals surface area contributed by atoms with E-state index in [0.717, 1.165) is 9.18 Å². The zero-order chi connectivity index (χ0) is 21.0. The molecule has 0 saturated carbocycles. The third-order valence-corrected chi connectivity index (χ3v) is 7.18. The summed E-state index contributed by atoms with van der Waals surface area (Å²) in [5.41, 5.74) is 1.45. The molecule has 1 N–H and O–H groups in total. The van der Waals surface area contributed by atoms with Gasteiger partial charge in [0.1, 0.15) is 5.75 Å². The quantitative estimate of drug-likeness (QED) is 0.618. The first-order valence-corrected chi connectivity index (χ1v) is 11.2. The molecule has 0 unspecified atom stereocenters. The second kappa shape index (κ2) is 8.67. The molecule has 2 aromatic carbocycles. The van der Waals surface area contributed by atoms with Crippen LogP contribution in [0.2, 0.25) is 0 Å². The summed E-state index contributed by atoms with van der Waals surface area (Å²) >= 11 is 1.55. The number of thiophene rings is 1. The van der Waals surface area contributed by atoms with Gasteiger partial charge in [0.25, 0.3) is 15.9 Å². The Bertz CT molecular complexity index is 1110. The predicted octanol–water partition coefficient (Wildman–Crippen LogP) is 3.82.